The van der Waals surface area contributed by atoms with Gasteiger partial charge in [0.1, 0.15) is 0 Å². The van der Waals surface area contributed by atoms with Crippen molar-refractivity contribution in [3.05, 3.63) is 0 Å². The van der Waals surface area contributed by atoms with E-state index < -0.39 is 5.55 Å². The molecule has 0 radical (unpaired) electrons. The molecular formula is CH4Cl3OP. The summed E-state index contributed by atoms with van der Waals surface area (Å²) in [6.07, 6.45) is 0. The van der Waals surface area contributed by atoms with Crippen LogP contribution < -0.4 is 0 Å². The van der Waals surface area contributed by atoms with Gasteiger partial charge in [0.2, 0.25) is 0 Å². The standard InChI is InChI=1S/CH4Cl3OP/c1-5-6(2,3)4/h6H,1H3. The van der Waals surface area contributed by atoms with Crippen molar-refractivity contribution in [2.75, 3.05) is 7.11 Å². The van der Waals surface area contributed by atoms with Crippen molar-refractivity contribution < 1.29 is 4.52 Å². The second kappa shape index (κ2) is 2.54. The Hall–Kier alpha value is 1.26. The van der Waals surface area contributed by atoms with Crippen LogP contribution in [-0.2, 0) is 4.52 Å². The summed E-state index contributed by atoms with van der Waals surface area (Å²) in [5.41, 5.74) is -2.71. The summed E-state index contributed by atoms with van der Waals surface area (Å²) in [4.78, 5) is 0. The molecule has 0 aromatic carbocycles. The Balaban J connectivity index is 3.17. The predicted molar refractivity (Wildman–Crippen MR) is 32.9 cm³/mol. The van der Waals surface area contributed by atoms with E-state index in [0.29, 0.717) is 0 Å². The molecule has 0 saturated carbocycles. The number of hydrogen-bond acceptors (Lipinski definition) is 1. The number of rotatable bonds is 1. The van der Waals surface area contributed by atoms with Crippen LogP contribution in [0.4, 0.5) is 0 Å². The Morgan fingerprint density at radius 1 is 1.33 bits per heavy atom. The fraction of sp³-hybridized carbons (Fsp3) is 1.00. The summed E-state index contributed by atoms with van der Waals surface area (Å²) in [5, 5.41) is 0. The molecule has 0 spiro atoms. The van der Waals surface area contributed by atoms with E-state index in [0.717, 1.165) is 0 Å². The molecule has 0 bridgehead atoms. The van der Waals surface area contributed by atoms with E-state index in [1.165, 1.54) is 7.11 Å². The molecule has 0 saturated heterocycles. The Morgan fingerprint density at radius 2 is 1.50 bits per heavy atom. The first kappa shape index (κ1) is 7.26. The average molecular weight is 169 g/mol. The molecule has 0 aliphatic carbocycles. The molecule has 0 atom stereocenters. The molecule has 0 N–H and O–H groups in total. The van der Waals surface area contributed by atoms with Gasteiger partial charge < -0.3 is 0 Å². The molecule has 0 heterocycles. The van der Waals surface area contributed by atoms with Crippen LogP contribution in [0.15, 0.2) is 0 Å². The van der Waals surface area contributed by atoms with Gasteiger partial charge >= 0.3 is 50.9 Å². The van der Waals surface area contributed by atoms with E-state index in [1.807, 2.05) is 0 Å². The third kappa shape index (κ3) is 5.26. The van der Waals surface area contributed by atoms with Gasteiger partial charge in [-0.3, -0.25) is 0 Å². The van der Waals surface area contributed by atoms with Gasteiger partial charge in [-0.1, -0.05) is 0 Å². The van der Waals surface area contributed by atoms with Crippen LogP contribution in [-0.4, -0.2) is 7.11 Å². The topological polar surface area (TPSA) is 9.23 Å². The third-order valence-corrected chi connectivity index (χ3v) is 2.08. The maximum atomic E-state index is 5.17. The van der Waals surface area contributed by atoms with Crippen LogP contribution in [0.1, 0.15) is 0 Å². The van der Waals surface area contributed by atoms with Crippen molar-refractivity contribution >= 4 is 39.3 Å². The van der Waals surface area contributed by atoms with Gasteiger partial charge in [0.05, 0.1) is 0 Å². The molecule has 0 fully saturated rings. The molecule has 6 heavy (non-hydrogen) atoms. The average Bonchev–Trinajstić information content (AvgIpc) is 1.35. The third-order valence-electron chi connectivity index (χ3n) is 0.231. The summed E-state index contributed by atoms with van der Waals surface area (Å²) in [5.74, 6) is 0. The normalized spacial score (nSPS) is 14.7. The van der Waals surface area contributed by atoms with E-state index >= 15 is 0 Å². The Kier molecular flexibility index (Phi) is 3.07. The molecule has 0 aromatic heterocycles. The zero-order valence-electron chi connectivity index (χ0n) is 3.04. The van der Waals surface area contributed by atoms with Crippen LogP contribution in [0, 0.1) is 0 Å². The molecule has 5 heteroatoms. The van der Waals surface area contributed by atoms with Gasteiger partial charge in [-0.2, -0.15) is 0 Å². The van der Waals surface area contributed by atoms with Crippen LogP contribution in [0.5, 0.6) is 0 Å². The van der Waals surface area contributed by atoms with Crippen LogP contribution in [0.2, 0.25) is 0 Å². The molecular weight excluding hydrogens is 165 g/mol. The molecule has 1 nitrogen and oxygen atoms in total. The van der Waals surface area contributed by atoms with Crippen LogP contribution in [0.25, 0.3) is 0 Å². The maximum absolute atomic E-state index is 5.17. The van der Waals surface area contributed by atoms with Gasteiger partial charge in [-0.05, 0) is 0 Å². The van der Waals surface area contributed by atoms with E-state index in [-0.39, 0.29) is 0 Å². The van der Waals surface area contributed by atoms with E-state index in [2.05, 4.69) is 4.52 Å². The first-order chi connectivity index (χ1) is 2.56. The van der Waals surface area contributed by atoms with Crippen LogP contribution in [0.3, 0.4) is 0 Å². The molecule has 0 aliphatic heterocycles. The summed E-state index contributed by atoms with van der Waals surface area (Å²) in [7, 11) is 1.37. The fourth-order valence-corrected chi connectivity index (χ4v) is 0. The van der Waals surface area contributed by atoms with Gasteiger partial charge in [-0.15, -0.1) is 0 Å². The second-order valence-electron chi connectivity index (χ2n) is 0.650. The van der Waals surface area contributed by atoms with Crippen molar-refractivity contribution in [3.8, 4) is 0 Å². The monoisotopic (exact) mass is 168 g/mol. The minimum absolute atomic E-state index is 1.37. The molecule has 0 rings (SSSR count). The van der Waals surface area contributed by atoms with Gasteiger partial charge in [0.15, 0.2) is 0 Å². The summed E-state index contributed by atoms with van der Waals surface area (Å²) in [6, 6.07) is 0. The second-order valence-corrected chi connectivity index (χ2v) is 8.48. The van der Waals surface area contributed by atoms with E-state index in [4.69, 9.17) is 33.7 Å². The minimum atomic E-state index is -2.71. The summed E-state index contributed by atoms with van der Waals surface area (Å²) >= 11 is 15.5. The van der Waals surface area contributed by atoms with Gasteiger partial charge in [0, 0.05) is 0 Å². The summed E-state index contributed by atoms with van der Waals surface area (Å²) < 4.78 is 4.37. The fourth-order valence-electron chi connectivity index (χ4n) is 0. The Bertz CT molecular complexity index is 40.5. The number of halogens is 3. The first-order valence-corrected chi connectivity index (χ1v) is 6.12. The van der Waals surface area contributed by atoms with Crippen molar-refractivity contribution in [3.63, 3.8) is 0 Å². The molecule has 0 amide bonds. The Labute approximate surface area is 51.3 Å². The molecule has 0 unspecified atom stereocenters. The van der Waals surface area contributed by atoms with Crippen molar-refractivity contribution in [2.45, 2.75) is 0 Å². The van der Waals surface area contributed by atoms with E-state index in [9.17, 15) is 0 Å². The molecule has 0 aromatic rings. The molecule has 40 valence electrons. The number of hydrogen-bond donors (Lipinski definition) is 0. The van der Waals surface area contributed by atoms with Crippen LogP contribution >= 0.6 is 39.3 Å². The summed E-state index contributed by atoms with van der Waals surface area (Å²) in [6.45, 7) is 0. The first-order valence-electron chi connectivity index (χ1n) is 1.18. The van der Waals surface area contributed by atoms with E-state index in [1.54, 1.807) is 0 Å². The quantitative estimate of drug-likeness (QED) is 0.549. The SMILES string of the molecule is CO[PH](Cl)(Cl)Cl. The van der Waals surface area contributed by atoms with Crippen molar-refractivity contribution in [2.24, 2.45) is 0 Å². The van der Waals surface area contributed by atoms with Crippen molar-refractivity contribution in [1.82, 2.24) is 0 Å². The molecule has 0 aliphatic rings. The van der Waals surface area contributed by atoms with Crippen molar-refractivity contribution in [1.29, 1.82) is 0 Å². The van der Waals surface area contributed by atoms with Gasteiger partial charge in [-0.25, -0.2) is 0 Å². The van der Waals surface area contributed by atoms with Gasteiger partial charge in [0.25, 0.3) is 0 Å². The Morgan fingerprint density at radius 3 is 1.50 bits per heavy atom. The zero-order valence-corrected chi connectivity index (χ0v) is 6.31. The predicted octanol–water partition coefficient (Wildman–Crippen LogP) is 2.76. The zero-order chi connectivity index (χ0) is 5.21.